The first kappa shape index (κ1) is 27.7. The molecule has 0 atom stereocenters. The summed E-state index contributed by atoms with van der Waals surface area (Å²) < 4.78 is 7.57. The first-order chi connectivity index (χ1) is 18.5. The van der Waals surface area contributed by atoms with Crippen molar-refractivity contribution in [2.75, 3.05) is 32.0 Å². The quantitative estimate of drug-likeness (QED) is 0.506. The normalized spacial score (nSPS) is 24.4. The molecule has 3 fully saturated rings. The monoisotopic (exact) mass is 557 g/mol. The zero-order valence-electron chi connectivity index (χ0n) is 23.5. The predicted octanol–water partition coefficient (Wildman–Crippen LogP) is 5.16. The highest BCUT2D eigenvalue weighted by atomic mass is 35.5. The number of nitrogens with one attached hydrogen (secondary N) is 1. The van der Waals surface area contributed by atoms with Gasteiger partial charge in [0.05, 0.1) is 12.2 Å². The van der Waals surface area contributed by atoms with E-state index in [0.29, 0.717) is 37.3 Å². The van der Waals surface area contributed by atoms with Gasteiger partial charge in [-0.2, -0.15) is 5.10 Å². The maximum absolute atomic E-state index is 12.4. The summed E-state index contributed by atoms with van der Waals surface area (Å²) in [6.07, 6.45) is 12.9. The number of carbonyl (C=O) groups excluding carboxylic acids is 2. The Bertz CT molecular complexity index is 1190. The number of aromatic nitrogens is 4. The number of rotatable bonds is 5. The van der Waals surface area contributed by atoms with Gasteiger partial charge in [0.25, 0.3) is 0 Å². The van der Waals surface area contributed by atoms with Crippen LogP contribution in [0, 0.1) is 5.92 Å². The smallest absolute Gasteiger partial charge is 0.410 e. The molecule has 1 saturated carbocycles. The summed E-state index contributed by atoms with van der Waals surface area (Å²) in [5, 5.41) is 8.39. The number of ether oxygens (including phenoxy) is 1. The average Bonchev–Trinajstić information content (AvgIpc) is 3.49. The lowest BCUT2D eigenvalue weighted by atomic mass is 9.78. The maximum atomic E-state index is 12.4. The molecule has 0 bridgehead atoms. The van der Waals surface area contributed by atoms with Gasteiger partial charge in [0.15, 0.2) is 0 Å². The second-order valence-electron chi connectivity index (χ2n) is 12.3. The summed E-state index contributed by atoms with van der Waals surface area (Å²) in [4.78, 5) is 37.0. The summed E-state index contributed by atoms with van der Waals surface area (Å²) in [5.74, 6) is 1.37. The van der Waals surface area contributed by atoms with Crippen LogP contribution < -0.4 is 5.32 Å². The summed E-state index contributed by atoms with van der Waals surface area (Å²) >= 11 is 6.17. The first-order valence-electron chi connectivity index (χ1n) is 14.1. The summed E-state index contributed by atoms with van der Waals surface area (Å²) in [7, 11) is 1.96. The number of hydrogen-bond acceptors (Lipinski definition) is 7. The van der Waals surface area contributed by atoms with Gasteiger partial charge in [0.2, 0.25) is 11.2 Å². The third kappa shape index (κ3) is 6.15. The topological polar surface area (TPSA) is 105 Å². The molecule has 39 heavy (non-hydrogen) atoms. The molecule has 10 nitrogen and oxygen atoms in total. The van der Waals surface area contributed by atoms with Crippen molar-refractivity contribution < 1.29 is 14.3 Å². The van der Waals surface area contributed by atoms with Crippen molar-refractivity contribution in [3.63, 3.8) is 0 Å². The van der Waals surface area contributed by atoms with Crippen LogP contribution in [0.15, 0.2) is 18.6 Å². The molecule has 3 aliphatic rings. The molecule has 212 valence electrons. The SMILES string of the molecule is CN1C(=O)CCC12CCC(n1cc(-c3cnc(Cl)nc3NCC3CCN(C(=O)OC(C)(C)C)CC3)cn1)CC2. The molecule has 2 aromatic rings. The number of amides is 2. The van der Waals surface area contributed by atoms with E-state index in [1.54, 1.807) is 11.1 Å². The second kappa shape index (κ2) is 10.9. The number of anilines is 1. The summed E-state index contributed by atoms with van der Waals surface area (Å²) in [6, 6.07) is 0.313. The number of likely N-dealkylation sites (tertiary alicyclic amines) is 2. The van der Waals surface area contributed by atoms with Crippen LogP contribution in [0.2, 0.25) is 5.28 Å². The summed E-state index contributed by atoms with van der Waals surface area (Å²) in [5.41, 5.74) is 1.36. The third-order valence-electron chi connectivity index (χ3n) is 8.65. The van der Waals surface area contributed by atoms with E-state index in [0.717, 1.165) is 62.6 Å². The van der Waals surface area contributed by atoms with Crippen LogP contribution in [0.25, 0.3) is 11.1 Å². The average molecular weight is 558 g/mol. The van der Waals surface area contributed by atoms with Gasteiger partial charge in [0, 0.05) is 62.2 Å². The van der Waals surface area contributed by atoms with Crippen molar-refractivity contribution >= 4 is 29.4 Å². The first-order valence-corrected chi connectivity index (χ1v) is 14.5. The number of hydrogen-bond donors (Lipinski definition) is 1. The Morgan fingerprint density at radius 2 is 1.87 bits per heavy atom. The minimum absolute atomic E-state index is 0.0354. The molecule has 1 aliphatic carbocycles. The minimum atomic E-state index is -0.488. The predicted molar refractivity (Wildman–Crippen MR) is 150 cm³/mol. The molecule has 4 heterocycles. The Morgan fingerprint density at radius 1 is 1.15 bits per heavy atom. The van der Waals surface area contributed by atoms with Gasteiger partial charge in [-0.25, -0.2) is 14.8 Å². The fourth-order valence-electron chi connectivity index (χ4n) is 6.20. The van der Waals surface area contributed by atoms with Crippen LogP contribution >= 0.6 is 11.6 Å². The van der Waals surface area contributed by atoms with Crippen LogP contribution in [-0.2, 0) is 9.53 Å². The van der Waals surface area contributed by atoms with E-state index >= 15 is 0 Å². The molecule has 2 aliphatic heterocycles. The highest BCUT2D eigenvalue weighted by Crippen LogP contribution is 2.44. The lowest BCUT2D eigenvalue weighted by Gasteiger charge is -2.42. The maximum Gasteiger partial charge on any atom is 0.410 e. The Hall–Kier alpha value is -2.88. The van der Waals surface area contributed by atoms with Crippen LogP contribution in [0.3, 0.4) is 0 Å². The number of carbonyl (C=O) groups is 2. The number of nitrogens with zero attached hydrogens (tertiary/aromatic N) is 6. The van der Waals surface area contributed by atoms with Gasteiger partial charge < -0.3 is 19.9 Å². The van der Waals surface area contributed by atoms with Crippen molar-refractivity contribution in [3.8, 4) is 11.1 Å². The second-order valence-corrected chi connectivity index (χ2v) is 12.6. The van der Waals surface area contributed by atoms with E-state index in [-0.39, 0.29) is 22.8 Å². The van der Waals surface area contributed by atoms with Gasteiger partial charge in [0.1, 0.15) is 11.4 Å². The van der Waals surface area contributed by atoms with Crippen molar-refractivity contribution in [2.45, 2.75) is 89.3 Å². The Morgan fingerprint density at radius 3 is 2.51 bits per heavy atom. The van der Waals surface area contributed by atoms with E-state index < -0.39 is 5.60 Å². The fraction of sp³-hybridized carbons (Fsp3) is 0.679. The van der Waals surface area contributed by atoms with Crippen LogP contribution in [0.4, 0.5) is 10.6 Å². The van der Waals surface area contributed by atoms with Crippen LogP contribution in [0.1, 0.15) is 78.2 Å². The van der Waals surface area contributed by atoms with Crippen molar-refractivity contribution in [2.24, 2.45) is 5.92 Å². The molecule has 5 rings (SSSR count). The standard InChI is InChI=1S/C28H40ClN7O3/c1-27(2,3)39-26(38)35-13-8-19(9-14-35)15-30-24-22(17-31-25(29)33-24)20-16-32-36(18-20)21-5-10-28(11-6-21)12-7-23(37)34(28)4/h16-19,21H,5-15H2,1-4H3,(H,30,31,33). The molecule has 0 radical (unpaired) electrons. The molecule has 2 amide bonds. The van der Waals surface area contributed by atoms with Gasteiger partial charge in [-0.3, -0.25) is 9.48 Å². The highest BCUT2D eigenvalue weighted by molar-refractivity contribution is 6.28. The van der Waals surface area contributed by atoms with E-state index in [1.165, 1.54) is 0 Å². The lowest BCUT2D eigenvalue weighted by molar-refractivity contribution is -0.130. The molecule has 1 N–H and O–H groups in total. The fourth-order valence-corrected chi connectivity index (χ4v) is 6.33. The van der Waals surface area contributed by atoms with Crippen molar-refractivity contribution in [1.82, 2.24) is 29.5 Å². The Kier molecular flexibility index (Phi) is 7.77. The van der Waals surface area contributed by atoms with E-state index in [1.807, 2.05) is 38.9 Å². The van der Waals surface area contributed by atoms with Gasteiger partial charge in [-0.1, -0.05) is 0 Å². The molecule has 1 spiro atoms. The minimum Gasteiger partial charge on any atom is -0.444 e. The Labute approximate surface area is 235 Å². The van der Waals surface area contributed by atoms with Crippen LogP contribution in [-0.4, -0.2) is 79.4 Å². The van der Waals surface area contributed by atoms with Crippen molar-refractivity contribution in [1.29, 1.82) is 0 Å². The third-order valence-corrected chi connectivity index (χ3v) is 8.83. The number of piperidine rings is 1. The molecule has 0 unspecified atom stereocenters. The summed E-state index contributed by atoms with van der Waals surface area (Å²) in [6.45, 7) is 7.75. The molecule has 2 aromatic heterocycles. The number of halogens is 1. The van der Waals surface area contributed by atoms with Gasteiger partial charge >= 0.3 is 6.09 Å². The largest absolute Gasteiger partial charge is 0.444 e. The van der Waals surface area contributed by atoms with E-state index in [2.05, 4.69) is 26.2 Å². The molecular formula is C28H40ClN7O3. The van der Waals surface area contributed by atoms with E-state index in [4.69, 9.17) is 21.4 Å². The molecular weight excluding hydrogens is 518 g/mol. The van der Waals surface area contributed by atoms with E-state index in [9.17, 15) is 9.59 Å². The lowest BCUT2D eigenvalue weighted by Crippen LogP contribution is -2.46. The zero-order chi connectivity index (χ0) is 27.8. The zero-order valence-corrected chi connectivity index (χ0v) is 24.2. The van der Waals surface area contributed by atoms with Gasteiger partial charge in [-0.05, 0) is 83.2 Å². The van der Waals surface area contributed by atoms with Crippen LogP contribution in [0.5, 0.6) is 0 Å². The Balaban J connectivity index is 1.19. The molecule has 0 aromatic carbocycles. The highest BCUT2D eigenvalue weighted by Gasteiger charge is 2.45. The molecule has 2 saturated heterocycles. The van der Waals surface area contributed by atoms with Crippen molar-refractivity contribution in [3.05, 3.63) is 23.9 Å². The van der Waals surface area contributed by atoms with Gasteiger partial charge in [-0.15, -0.1) is 0 Å². The molecule has 11 heteroatoms.